The van der Waals surface area contributed by atoms with Crippen LogP contribution in [0.2, 0.25) is 0 Å². The van der Waals surface area contributed by atoms with Crippen molar-refractivity contribution in [2.75, 3.05) is 19.8 Å². The number of hydrogen-bond donors (Lipinski definition) is 1. The van der Waals surface area contributed by atoms with Gasteiger partial charge in [-0.2, -0.15) is 4.31 Å². The minimum Gasteiger partial charge on any atom is -0.378 e. The summed E-state index contributed by atoms with van der Waals surface area (Å²) in [6.07, 6.45) is 0. The Hall–Kier alpha value is -0.700. The Morgan fingerprint density at radius 2 is 2.11 bits per heavy atom. The molecule has 102 valence electrons. The van der Waals surface area contributed by atoms with Crippen LogP contribution in [0.5, 0.6) is 0 Å². The molecule has 6 nitrogen and oxygen atoms in total. The van der Waals surface area contributed by atoms with Crippen LogP contribution < -0.4 is 4.87 Å². The first kappa shape index (κ1) is 13.7. The SMILES string of the molecule is Cc1[nH]c(=O)sc1S(=O)(=O)N1CCOCC1(C)C. The number of rotatable bonds is 2. The second kappa shape index (κ2) is 4.44. The Morgan fingerprint density at radius 3 is 2.61 bits per heavy atom. The molecule has 0 atom stereocenters. The van der Waals surface area contributed by atoms with Crippen LogP contribution in [-0.2, 0) is 14.8 Å². The van der Waals surface area contributed by atoms with Gasteiger partial charge in [0.1, 0.15) is 0 Å². The molecule has 2 heterocycles. The fraction of sp³-hybridized carbons (Fsp3) is 0.700. The van der Waals surface area contributed by atoms with Crippen LogP contribution in [-0.4, -0.2) is 43.0 Å². The van der Waals surface area contributed by atoms with Crippen molar-refractivity contribution in [1.29, 1.82) is 0 Å². The van der Waals surface area contributed by atoms with Gasteiger partial charge in [0, 0.05) is 12.2 Å². The zero-order valence-electron chi connectivity index (χ0n) is 10.5. The predicted octanol–water partition coefficient (Wildman–Crippen LogP) is 0.544. The quantitative estimate of drug-likeness (QED) is 0.863. The number of nitrogens with zero attached hydrogens (tertiary/aromatic N) is 1. The number of morpholine rings is 1. The second-order valence-corrected chi connectivity index (χ2v) is 7.91. The Labute approximate surface area is 110 Å². The molecule has 1 fully saturated rings. The molecule has 0 aromatic carbocycles. The van der Waals surface area contributed by atoms with Crippen LogP contribution in [0.25, 0.3) is 0 Å². The normalized spacial score (nSPS) is 21.1. The van der Waals surface area contributed by atoms with E-state index in [0.29, 0.717) is 25.5 Å². The molecule has 0 spiro atoms. The van der Waals surface area contributed by atoms with Crippen molar-refractivity contribution in [3.63, 3.8) is 0 Å². The van der Waals surface area contributed by atoms with Crippen LogP contribution in [0.3, 0.4) is 0 Å². The number of thiazole rings is 1. The highest BCUT2D eigenvalue weighted by atomic mass is 32.2. The molecule has 0 saturated carbocycles. The lowest BCUT2D eigenvalue weighted by atomic mass is 10.1. The molecule has 18 heavy (non-hydrogen) atoms. The maximum absolute atomic E-state index is 12.6. The molecular formula is C10H16N2O4S2. The lowest BCUT2D eigenvalue weighted by molar-refractivity contribution is -0.00763. The molecule has 1 aliphatic heterocycles. The van der Waals surface area contributed by atoms with E-state index < -0.39 is 15.6 Å². The van der Waals surface area contributed by atoms with Crippen molar-refractivity contribution in [3.05, 3.63) is 15.4 Å². The Morgan fingerprint density at radius 1 is 1.44 bits per heavy atom. The van der Waals surface area contributed by atoms with Crippen LogP contribution in [0, 0.1) is 6.92 Å². The number of nitrogens with one attached hydrogen (secondary N) is 1. The molecule has 0 bridgehead atoms. The summed E-state index contributed by atoms with van der Waals surface area (Å²) in [6, 6.07) is 0. The van der Waals surface area contributed by atoms with Crippen LogP contribution in [0.1, 0.15) is 19.5 Å². The largest absolute Gasteiger partial charge is 0.378 e. The first-order valence-corrected chi connectivity index (χ1v) is 7.81. The Kier molecular flexibility index (Phi) is 3.39. The zero-order chi connectivity index (χ0) is 13.6. The summed E-state index contributed by atoms with van der Waals surface area (Å²) < 4.78 is 31.9. The summed E-state index contributed by atoms with van der Waals surface area (Å²) in [5, 5.41) is 0. The Balaban J connectivity index is 2.48. The van der Waals surface area contributed by atoms with Crippen molar-refractivity contribution in [2.45, 2.75) is 30.5 Å². The number of aromatic nitrogens is 1. The molecule has 1 aromatic heterocycles. The van der Waals surface area contributed by atoms with Crippen molar-refractivity contribution >= 4 is 21.4 Å². The number of ether oxygens (including phenoxy) is 1. The molecule has 0 radical (unpaired) electrons. The topological polar surface area (TPSA) is 79.5 Å². The van der Waals surface area contributed by atoms with Crippen LogP contribution >= 0.6 is 11.3 Å². The van der Waals surface area contributed by atoms with E-state index >= 15 is 0 Å². The highest BCUT2D eigenvalue weighted by Gasteiger charge is 2.41. The van der Waals surface area contributed by atoms with Gasteiger partial charge in [-0.25, -0.2) is 8.42 Å². The molecule has 1 aromatic rings. The van der Waals surface area contributed by atoms with E-state index in [1.807, 2.05) is 13.8 Å². The predicted molar refractivity (Wildman–Crippen MR) is 68.5 cm³/mol. The zero-order valence-corrected chi connectivity index (χ0v) is 12.2. The van der Waals surface area contributed by atoms with Gasteiger partial charge in [-0.3, -0.25) is 4.79 Å². The molecule has 0 aliphatic carbocycles. The minimum absolute atomic E-state index is 0.0995. The first-order valence-electron chi connectivity index (χ1n) is 5.55. The van der Waals surface area contributed by atoms with Crippen molar-refractivity contribution in [1.82, 2.24) is 9.29 Å². The minimum atomic E-state index is -3.64. The van der Waals surface area contributed by atoms with Crippen molar-refractivity contribution in [2.24, 2.45) is 0 Å². The van der Waals surface area contributed by atoms with Gasteiger partial charge in [0.15, 0.2) is 4.21 Å². The van der Waals surface area contributed by atoms with Gasteiger partial charge in [0.05, 0.1) is 18.8 Å². The first-order chi connectivity index (χ1) is 8.25. The van der Waals surface area contributed by atoms with E-state index in [1.165, 1.54) is 4.31 Å². The fourth-order valence-electron chi connectivity index (χ4n) is 2.03. The maximum Gasteiger partial charge on any atom is 0.305 e. The molecule has 1 saturated heterocycles. The lowest BCUT2D eigenvalue weighted by Crippen LogP contribution is -2.55. The molecule has 1 aliphatic rings. The van der Waals surface area contributed by atoms with Gasteiger partial charge in [-0.05, 0) is 20.8 Å². The van der Waals surface area contributed by atoms with Gasteiger partial charge in [-0.15, -0.1) is 0 Å². The molecular weight excluding hydrogens is 276 g/mol. The van der Waals surface area contributed by atoms with Gasteiger partial charge in [0.2, 0.25) is 0 Å². The van der Waals surface area contributed by atoms with E-state index in [-0.39, 0.29) is 9.08 Å². The highest BCUT2D eigenvalue weighted by molar-refractivity contribution is 7.91. The van der Waals surface area contributed by atoms with Gasteiger partial charge >= 0.3 is 4.87 Å². The van der Waals surface area contributed by atoms with E-state index in [9.17, 15) is 13.2 Å². The summed E-state index contributed by atoms with van der Waals surface area (Å²) >= 11 is 0.734. The fourth-order valence-corrected chi connectivity index (χ4v) is 5.18. The molecule has 0 unspecified atom stereocenters. The van der Waals surface area contributed by atoms with Crippen LogP contribution in [0.15, 0.2) is 9.00 Å². The van der Waals surface area contributed by atoms with E-state index in [0.717, 1.165) is 11.3 Å². The third-order valence-corrected chi connectivity index (χ3v) is 6.57. The average Bonchev–Trinajstić information content (AvgIpc) is 2.57. The van der Waals surface area contributed by atoms with Gasteiger partial charge < -0.3 is 9.72 Å². The van der Waals surface area contributed by atoms with Crippen molar-refractivity contribution in [3.8, 4) is 0 Å². The van der Waals surface area contributed by atoms with Gasteiger partial charge in [-0.1, -0.05) is 11.3 Å². The maximum atomic E-state index is 12.6. The number of hydrogen-bond acceptors (Lipinski definition) is 5. The highest BCUT2D eigenvalue weighted by Crippen LogP contribution is 2.29. The number of H-pyrrole nitrogens is 1. The van der Waals surface area contributed by atoms with E-state index in [4.69, 9.17) is 4.74 Å². The smallest absolute Gasteiger partial charge is 0.305 e. The lowest BCUT2D eigenvalue weighted by Gasteiger charge is -2.40. The molecule has 0 amide bonds. The Bertz CT molecular complexity index is 600. The van der Waals surface area contributed by atoms with E-state index in [1.54, 1.807) is 6.92 Å². The third kappa shape index (κ3) is 2.25. The summed E-state index contributed by atoms with van der Waals surface area (Å²) in [6.45, 7) is 6.26. The molecule has 8 heteroatoms. The summed E-state index contributed by atoms with van der Waals surface area (Å²) in [7, 11) is -3.64. The van der Waals surface area contributed by atoms with E-state index in [2.05, 4.69) is 4.98 Å². The van der Waals surface area contributed by atoms with Crippen LogP contribution in [0.4, 0.5) is 0 Å². The monoisotopic (exact) mass is 292 g/mol. The summed E-state index contributed by atoms with van der Waals surface area (Å²) in [5.74, 6) is 0. The van der Waals surface area contributed by atoms with Crippen molar-refractivity contribution < 1.29 is 13.2 Å². The number of aryl methyl sites for hydroxylation is 1. The standard InChI is InChI=1S/C10H16N2O4S2/c1-7-8(17-9(13)11-7)18(14,15)12-4-5-16-6-10(12,2)3/h4-6H2,1-3H3,(H,11,13). The molecule has 1 N–H and O–H groups in total. The van der Waals surface area contributed by atoms with Gasteiger partial charge in [0.25, 0.3) is 10.0 Å². The number of sulfonamides is 1. The summed E-state index contributed by atoms with van der Waals surface area (Å²) in [5.41, 5.74) is -0.205. The second-order valence-electron chi connectivity index (χ2n) is 4.87. The summed E-state index contributed by atoms with van der Waals surface area (Å²) in [4.78, 5) is 13.4. The third-order valence-electron chi connectivity index (χ3n) is 2.87. The molecule has 2 rings (SSSR count). The average molecular weight is 292 g/mol. The number of aromatic amines is 1.